The molecule has 0 saturated carbocycles. The first-order valence-corrected chi connectivity index (χ1v) is 15.2. The maximum absolute atomic E-state index is 15.1. The van der Waals surface area contributed by atoms with Crippen LogP contribution in [0.1, 0.15) is 62.5 Å². The van der Waals surface area contributed by atoms with Crippen molar-refractivity contribution in [2.45, 2.75) is 69.9 Å². The largest absolute Gasteiger partial charge is 0.378 e. The number of rotatable bonds is 11. The molecule has 5 rings (SSSR count). The molecule has 43 heavy (non-hydrogen) atoms. The van der Waals surface area contributed by atoms with E-state index in [4.69, 9.17) is 33.5 Å². The quantitative estimate of drug-likeness (QED) is 0.105. The minimum absolute atomic E-state index is 0.0568. The molecule has 0 bridgehead atoms. The van der Waals surface area contributed by atoms with E-state index in [-0.39, 0.29) is 23.1 Å². The molecule has 1 aliphatic heterocycles. The maximum Gasteiger partial charge on any atom is 0.354 e. The van der Waals surface area contributed by atoms with Crippen LogP contribution in [0.2, 0.25) is 5.02 Å². The Morgan fingerprint density at radius 2 is 2.02 bits per heavy atom. The van der Waals surface area contributed by atoms with Crippen LogP contribution in [0.25, 0.3) is 28.0 Å². The number of benzene rings is 2. The molecule has 1 saturated heterocycles. The van der Waals surface area contributed by atoms with E-state index in [0.29, 0.717) is 47.0 Å². The molecule has 1 aliphatic rings. The Labute approximate surface area is 255 Å². The van der Waals surface area contributed by atoms with Crippen LogP contribution >= 0.6 is 11.6 Å². The molecule has 11 heteroatoms. The third-order valence-corrected chi connectivity index (χ3v) is 8.27. The van der Waals surface area contributed by atoms with Gasteiger partial charge in [0, 0.05) is 36.3 Å². The van der Waals surface area contributed by atoms with E-state index in [1.54, 1.807) is 24.4 Å². The van der Waals surface area contributed by atoms with Gasteiger partial charge in [-0.3, -0.25) is 9.56 Å². The zero-order valence-corrected chi connectivity index (χ0v) is 25.1. The lowest BCUT2D eigenvalue weighted by atomic mass is 9.87. The SMILES string of the molecule is C[C@H](N)CCCc1cc(Cl)c(F)c(-c2cc3cn(-c4ccc([C@@H]5CCO[C@@H](CCCN=C(N)N)C5)cc4)c(=O)nc3[nH]2)c1. The van der Waals surface area contributed by atoms with Crippen LogP contribution in [0.5, 0.6) is 0 Å². The van der Waals surface area contributed by atoms with E-state index in [1.807, 2.05) is 19.1 Å². The Morgan fingerprint density at radius 1 is 1.23 bits per heavy atom. The highest BCUT2D eigenvalue weighted by Crippen LogP contribution is 2.33. The first-order chi connectivity index (χ1) is 20.7. The Hall–Kier alpha value is -3.73. The summed E-state index contributed by atoms with van der Waals surface area (Å²) in [5.74, 6) is -0.0308. The number of aromatic nitrogens is 3. The molecular weight excluding hydrogens is 569 g/mol. The van der Waals surface area contributed by atoms with Gasteiger partial charge < -0.3 is 26.9 Å². The predicted octanol–water partition coefficient (Wildman–Crippen LogP) is 5.16. The van der Waals surface area contributed by atoms with Crippen molar-refractivity contribution < 1.29 is 9.13 Å². The lowest BCUT2D eigenvalue weighted by Crippen LogP contribution is -2.25. The van der Waals surface area contributed by atoms with E-state index in [2.05, 4.69) is 27.1 Å². The Bertz CT molecular complexity index is 1640. The van der Waals surface area contributed by atoms with Crippen LogP contribution in [-0.2, 0) is 11.2 Å². The van der Waals surface area contributed by atoms with Gasteiger partial charge in [0.2, 0.25) is 0 Å². The maximum atomic E-state index is 15.1. The summed E-state index contributed by atoms with van der Waals surface area (Å²) in [7, 11) is 0. The Morgan fingerprint density at radius 3 is 2.77 bits per heavy atom. The summed E-state index contributed by atoms with van der Waals surface area (Å²) < 4.78 is 22.6. The molecule has 3 heterocycles. The summed E-state index contributed by atoms with van der Waals surface area (Å²) in [6.45, 7) is 3.27. The van der Waals surface area contributed by atoms with Crippen molar-refractivity contribution in [3.63, 3.8) is 0 Å². The number of aryl methyl sites for hydroxylation is 1. The molecule has 4 aromatic rings. The second-order valence-corrected chi connectivity index (χ2v) is 11.9. The van der Waals surface area contributed by atoms with Crippen LogP contribution in [0, 0.1) is 5.82 Å². The van der Waals surface area contributed by atoms with Gasteiger partial charge in [-0.2, -0.15) is 4.98 Å². The fourth-order valence-electron chi connectivity index (χ4n) is 5.76. The van der Waals surface area contributed by atoms with Gasteiger partial charge in [0.05, 0.1) is 22.5 Å². The number of aromatic amines is 1. The molecule has 2 aromatic heterocycles. The number of nitrogens with two attached hydrogens (primary N) is 3. The van der Waals surface area contributed by atoms with Crippen LogP contribution < -0.4 is 22.9 Å². The number of ether oxygens (including phenoxy) is 1. The normalized spacial score (nSPS) is 17.7. The summed E-state index contributed by atoms with van der Waals surface area (Å²) in [6, 6.07) is 13.4. The summed E-state index contributed by atoms with van der Waals surface area (Å²) in [4.78, 5) is 24.4. The lowest BCUT2D eigenvalue weighted by molar-refractivity contribution is 0.00129. The topological polar surface area (TPSA) is 150 Å². The van der Waals surface area contributed by atoms with E-state index in [9.17, 15) is 4.79 Å². The van der Waals surface area contributed by atoms with Crippen molar-refractivity contribution in [3.8, 4) is 16.9 Å². The number of fused-ring (bicyclic) bond motifs is 1. The molecular formula is C32H39ClFN7O2. The van der Waals surface area contributed by atoms with Gasteiger partial charge in [-0.1, -0.05) is 23.7 Å². The molecule has 1 fully saturated rings. The summed E-state index contributed by atoms with van der Waals surface area (Å²) >= 11 is 6.25. The smallest absolute Gasteiger partial charge is 0.354 e. The first kappa shape index (κ1) is 30.7. The standard InChI is InChI=1S/C32H39ClFN7O2/c1-19(35)4-2-5-20-14-26(29(34)27(33)15-20)28-17-23-18-41(32(42)40-30(23)39-28)24-9-7-21(8-10-24)22-11-13-43-25(16-22)6-3-12-38-31(36)37/h7-10,14-15,17-19,22,25H,2-6,11-13,16,35H2,1H3,(H4,36,37,38)(H,39,40,42)/t19-,22+,25-/m0/s1. The van der Waals surface area contributed by atoms with Crippen molar-refractivity contribution >= 4 is 28.6 Å². The average molecular weight is 608 g/mol. The highest BCUT2D eigenvalue weighted by atomic mass is 35.5. The number of nitrogens with one attached hydrogen (secondary N) is 1. The minimum Gasteiger partial charge on any atom is -0.378 e. The van der Waals surface area contributed by atoms with E-state index in [1.165, 1.54) is 10.1 Å². The number of nitrogens with zero attached hydrogens (tertiary/aromatic N) is 3. The number of H-pyrrole nitrogens is 1. The lowest BCUT2D eigenvalue weighted by Gasteiger charge is -2.30. The van der Waals surface area contributed by atoms with Crippen LogP contribution in [0.15, 0.2) is 58.4 Å². The number of guanidine groups is 1. The van der Waals surface area contributed by atoms with Crippen LogP contribution in [-0.4, -0.2) is 45.8 Å². The van der Waals surface area contributed by atoms with Gasteiger partial charge in [-0.25, -0.2) is 9.18 Å². The first-order valence-electron chi connectivity index (χ1n) is 14.8. The highest BCUT2D eigenvalue weighted by Gasteiger charge is 2.24. The van der Waals surface area contributed by atoms with E-state index < -0.39 is 11.5 Å². The number of hydrogen-bond acceptors (Lipinski definition) is 5. The third kappa shape index (κ3) is 7.62. The van der Waals surface area contributed by atoms with Crippen molar-refractivity contribution in [1.82, 2.24) is 14.5 Å². The van der Waals surface area contributed by atoms with Gasteiger partial charge in [-0.15, -0.1) is 0 Å². The second-order valence-electron chi connectivity index (χ2n) is 11.4. The number of aliphatic imine (C=N–C) groups is 1. The molecule has 3 atom stereocenters. The average Bonchev–Trinajstić information content (AvgIpc) is 3.39. The number of halogens is 2. The molecule has 0 unspecified atom stereocenters. The molecule has 0 amide bonds. The van der Waals surface area contributed by atoms with Crippen LogP contribution in [0.4, 0.5) is 4.39 Å². The molecule has 0 aliphatic carbocycles. The summed E-state index contributed by atoms with van der Waals surface area (Å²) in [5.41, 5.74) is 20.3. The van der Waals surface area contributed by atoms with Gasteiger partial charge in [0.25, 0.3) is 0 Å². The molecule has 7 N–H and O–H groups in total. The van der Waals surface area contributed by atoms with Crippen LogP contribution in [0.3, 0.4) is 0 Å². The van der Waals surface area contributed by atoms with Gasteiger partial charge in [-0.05, 0) is 99.2 Å². The van der Waals surface area contributed by atoms with Gasteiger partial charge in [0.1, 0.15) is 5.65 Å². The molecule has 228 valence electrons. The predicted molar refractivity (Wildman–Crippen MR) is 170 cm³/mol. The van der Waals surface area contributed by atoms with E-state index >= 15 is 4.39 Å². The van der Waals surface area contributed by atoms with Gasteiger partial charge in [0.15, 0.2) is 11.8 Å². The van der Waals surface area contributed by atoms with Crippen molar-refractivity contribution in [1.29, 1.82) is 0 Å². The minimum atomic E-state index is -0.515. The van der Waals surface area contributed by atoms with Gasteiger partial charge >= 0.3 is 5.69 Å². The Balaban J connectivity index is 1.33. The van der Waals surface area contributed by atoms with E-state index in [0.717, 1.165) is 50.5 Å². The fourth-order valence-corrected chi connectivity index (χ4v) is 6.00. The summed E-state index contributed by atoms with van der Waals surface area (Å²) in [6.07, 6.45) is 8.01. The monoisotopic (exact) mass is 607 g/mol. The zero-order chi connectivity index (χ0) is 30.5. The molecule has 0 spiro atoms. The van der Waals surface area contributed by atoms with Crippen molar-refractivity contribution in [2.75, 3.05) is 13.2 Å². The Kier molecular flexibility index (Phi) is 9.79. The molecule has 0 radical (unpaired) electrons. The third-order valence-electron chi connectivity index (χ3n) is 8.00. The zero-order valence-electron chi connectivity index (χ0n) is 24.4. The van der Waals surface area contributed by atoms with Crippen molar-refractivity contribution in [2.24, 2.45) is 22.2 Å². The number of hydrogen-bond donors (Lipinski definition) is 4. The van der Waals surface area contributed by atoms with Crippen molar-refractivity contribution in [3.05, 3.63) is 81.1 Å². The highest BCUT2D eigenvalue weighted by molar-refractivity contribution is 6.31. The second kappa shape index (κ2) is 13.7. The molecule has 9 nitrogen and oxygen atoms in total. The fraction of sp³-hybridized carbons (Fsp3) is 0.406. The summed E-state index contributed by atoms with van der Waals surface area (Å²) in [5, 5.41) is 0.742. The molecule has 2 aromatic carbocycles.